The van der Waals surface area contributed by atoms with Gasteiger partial charge in [0, 0.05) is 19.6 Å². The van der Waals surface area contributed by atoms with Crippen molar-refractivity contribution in [3.05, 3.63) is 0 Å². The van der Waals surface area contributed by atoms with Crippen LogP contribution in [-0.4, -0.2) is 48.5 Å². The molecule has 1 aliphatic heterocycles. The topological polar surface area (TPSA) is 32.7 Å². The van der Waals surface area contributed by atoms with Gasteiger partial charge < -0.3 is 9.84 Å². The number of rotatable bonds is 3. The number of β-amino-alcohol motifs (C(OH)–C–C–N with tert-alkyl or cyclic N) is 1. The summed E-state index contributed by atoms with van der Waals surface area (Å²) in [4.78, 5) is 2.34. The number of hydrogen-bond acceptors (Lipinski definition) is 3. The summed E-state index contributed by atoms with van der Waals surface area (Å²) >= 11 is 0. The molecule has 1 N–H and O–H groups in total. The molecule has 1 saturated heterocycles. The Kier molecular flexibility index (Phi) is 4.00. The molecule has 2 aliphatic rings. The SMILES string of the molecule is CC1CN(CC(O)C2CCCC2)CCO1. The maximum absolute atomic E-state index is 10.1. The number of morpholine rings is 1. The maximum Gasteiger partial charge on any atom is 0.0695 e. The van der Waals surface area contributed by atoms with Gasteiger partial charge in [0.1, 0.15) is 0 Å². The molecule has 0 aromatic rings. The molecule has 2 atom stereocenters. The lowest BCUT2D eigenvalue weighted by molar-refractivity contribution is -0.0382. The predicted octanol–water partition coefficient (Wildman–Crippen LogP) is 1.26. The second-order valence-electron chi connectivity index (χ2n) is 5.05. The van der Waals surface area contributed by atoms with E-state index in [1.807, 2.05) is 0 Å². The number of ether oxygens (including phenoxy) is 1. The molecule has 0 amide bonds. The van der Waals surface area contributed by atoms with Gasteiger partial charge >= 0.3 is 0 Å². The van der Waals surface area contributed by atoms with Crippen LogP contribution in [0.4, 0.5) is 0 Å². The third kappa shape index (κ3) is 3.16. The minimum atomic E-state index is -0.113. The van der Waals surface area contributed by atoms with Gasteiger partial charge in [-0.25, -0.2) is 0 Å². The van der Waals surface area contributed by atoms with Crippen molar-refractivity contribution < 1.29 is 9.84 Å². The van der Waals surface area contributed by atoms with Gasteiger partial charge in [0.2, 0.25) is 0 Å². The Hall–Kier alpha value is -0.120. The van der Waals surface area contributed by atoms with E-state index in [9.17, 15) is 5.11 Å². The number of nitrogens with zero attached hydrogens (tertiary/aromatic N) is 1. The Balaban J connectivity index is 1.74. The van der Waals surface area contributed by atoms with Gasteiger partial charge in [-0.05, 0) is 25.7 Å². The average Bonchev–Trinajstić information content (AvgIpc) is 2.70. The Morgan fingerprint density at radius 3 is 2.80 bits per heavy atom. The normalized spacial score (nSPS) is 32.0. The van der Waals surface area contributed by atoms with E-state index in [2.05, 4.69) is 11.8 Å². The van der Waals surface area contributed by atoms with Crippen molar-refractivity contribution in [2.24, 2.45) is 5.92 Å². The van der Waals surface area contributed by atoms with Crippen LogP contribution < -0.4 is 0 Å². The fraction of sp³-hybridized carbons (Fsp3) is 1.00. The molecule has 0 radical (unpaired) electrons. The van der Waals surface area contributed by atoms with Crippen molar-refractivity contribution in [1.29, 1.82) is 0 Å². The van der Waals surface area contributed by atoms with E-state index >= 15 is 0 Å². The standard InChI is InChI=1S/C12H23NO2/c1-10-8-13(6-7-15-10)9-12(14)11-4-2-3-5-11/h10-12,14H,2-9H2,1H3. The predicted molar refractivity (Wildman–Crippen MR) is 59.8 cm³/mol. The molecule has 88 valence electrons. The molecule has 0 bridgehead atoms. The molecule has 1 aliphatic carbocycles. The maximum atomic E-state index is 10.1. The Morgan fingerprint density at radius 1 is 1.40 bits per heavy atom. The summed E-state index contributed by atoms with van der Waals surface area (Å²) in [6.07, 6.45) is 5.28. The van der Waals surface area contributed by atoms with Crippen LogP contribution in [0, 0.1) is 5.92 Å². The molecule has 0 aromatic heterocycles. The largest absolute Gasteiger partial charge is 0.392 e. The monoisotopic (exact) mass is 213 g/mol. The van der Waals surface area contributed by atoms with E-state index in [1.165, 1.54) is 25.7 Å². The lowest BCUT2D eigenvalue weighted by Gasteiger charge is -2.33. The summed E-state index contributed by atoms with van der Waals surface area (Å²) in [6, 6.07) is 0. The fourth-order valence-electron chi connectivity index (χ4n) is 2.81. The van der Waals surface area contributed by atoms with E-state index in [0.29, 0.717) is 12.0 Å². The zero-order chi connectivity index (χ0) is 10.7. The van der Waals surface area contributed by atoms with Crippen molar-refractivity contribution in [1.82, 2.24) is 4.90 Å². The first-order valence-electron chi connectivity index (χ1n) is 6.27. The van der Waals surface area contributed by atoms with E-state index in [0.717, 1.165) is 26.2 Å². The van der Waals surface area contributed by atoms with E-state index in [-0.39, 0.29) is 6.10 Å². The van der Waals surface area contributed by atoms with E-state index < -0.39 is 0 Å². The Morgan fingerprint density at radius 2 is 2.13 bits per heavy atom. The lowest BCUT2D eigenvalue weighted by Crippen LogP contribution is -2.45. The molecule has 15 heavy (non-hydrogen) atoms. The molecule has 2 unspecified atom stereocenters. The quantitative estimate of drug-likeness (QED) is 0.766. The number of hydrogen-bond donors (Lipinski definition) is 1. The lowest BCUT2D eigenvalue weighted by atomic mass is 10.0. The van der Waals surface area contributed by atoms with Crippen LogP contribution in [0.15, 0.2) is 0 Å². The van der Waals surface area contributed by atoms with E-state index in [4.69, 9.17) is 4.74 Å². The van der Waals surface area contributed by atoms with Crippen LogP contribution in [0.25, 0.3) is 0 Å². The number of aliphatic hydroxyl groups excluding tert-OH is 1. The molecule has 1 heterocycles. The molecule has 2 rings (SSSR count). The third-order valence-electron chi connectivity index (χ3n) is 3.71. The summed E-state index contributed by atoms with van der Waals surface area (Å²) in [5, 5.41) is 10.1. The molecule has 3 nitrogen and oxygen atoms in total. The van der Waals surface area contributed by atoms with E-state index in [1.54, 1.807) is 0 Å². The minimum Gasteiger partial charge on any atom is -0.392 e. The van der Waals surface area contributed by atoms with Crippen molar-refractivity contribution >= 4 is 0 Å². The van der Waals surface area contributed by atoms with Crippen LogP contribution in [-0.2, 0) is 4.74 Å². The summed E-state index contributed by atoms with van der Waals surface area (Å²) in [5.74, 6) is 0.558. The summed E-state index contributed by atoms with van der Waals surface area (Å²) in [6.45, 7) is 5.73. The van der Waals surface area contributed by atoms with Crippen molar-refractivity contribution in [2.75, 3.05) is 26.2 Å². The van der Waals surface area contributed by atoms with Gasteiger partial charge in [0.25, 0.3) is 0 Å². The first kappa shape index (κ1) is 11.4. The van der Waals surface area contributed by atoms with Gasteiger partial charge in [-0.15, -0.1) is 0 Å². The molecular weight excluding hydrogens is 190 g/mol. The highest BCUT2D eigenvalue weighted by atomic mass is 16.5. The Labute approximate surface area is 92.4 Å². The van der Waals surface area contributed by atoms with Crippen LogP contribution in [0.2, 0.25) is 0 Å². The molecule has 1 saturated carbocycles. The Bertz CT molecular complexity index is 192. The molecule has 0 spiro atoms. The summed E-state index contributed by atoms with van der Waals surface area (Å²) in [7, 11) is 0. The minimum absolute atomic E-state index is 0.113. The first-order chi connectivity index (χ1) is 7.25. The third-order valence-corrected chi connectivity index (χ3v) is 3.71. The first-order valence-corrected chi connectivity index (χ1v) is 6.27. The van der Waals surface area contributed by atoms with Crippen molar-refractivity contribution in [3.8, 4) is 0 Å². The average molecular weight is 213 g/mol. The molecule has 0 aromatic carbocycles. The van der Waals surface area contributed by atoms with Crippen molar-refractivity contribution in [2.45, 2.75) is 44.8 Å². The van der Waals surface area contributed by atoms with Crippen LogP contribution in [0.5, 0.6) is 0 Å². The van der Waals surface area contributed by atoms with Crippen LogP contribution >= 0.6 is 0 Å². The van der Waals surface area contributed by atoms with Crippen LogP contribution in [0.1, 0.15) is 32.6 Å². The second-order valence-corrected chi connectivity index (χ2v) is 5.05. The second kappa shape index (κ2) is 5.28. The number of aliphatic hydroxyl groups is 1. The fourth-order valence-corrected chi connectivity index (χ4v) is 2.81. The van der Waals surface area contributed by atoms with Gasteiger partial charge in [-0.3, -0.25) is 4.90 Å². The van der Waals surface area contributed by atoms with Gasteiger partial charge in [-0.1, -0.05) is 12.8 Å². The van der Waals surface area contributed by atoms with Gasteiger partial charge in [0.05, 0.1) is 18.8 Å². The molecule has 3 heteroatoms. The highest BCUT2D eigenvalue weighted by molar-refractivity contribution is 4.79. The van der Waals surface area contributed by atoms with Crippen LogP contribution in [0.3, 0.4) is 0 Å². The zero-order valence-corrected chi connectivity index (χ0v) is 9.69. The highest BCUT2D eigenvalue weighted by Gasteiger charge is 2.26. The van der Waals surface area contributed by atoms with Crippen molar-refractivity contribution in [3.63, 3.8) is 0 Å². The van der Waals surface area contributed by atoms with Gasteiger partial charge in [0.15, 0.2) is 0 Å². The molecule has 2 fully saturated rings. The van der Waals surface area contributed by atoms with Gasteiger partial charge in [-0.2, -0.15) is 0 Å². The molecular formula is C12H23NO2. The summed E-state index contributed by atoms with van der Waals surface area (Å²) in [5.41, 5.74) is 0. The smallest absolute Gasteiger partial charge is 0.0695 e. The summed E-state index contributed by atoms with van der Waals surface area (Å²) < 4.78 is 5.49. The highest BCUT2D eigenvalue weighted by Crippen LogP contribution is 2.28. The zero-order valence-electron chi connectivity index (χ0n) is 9.69.